The van der Waals surface area contributed by atoms with Crippen LogP contribution in [0.25, 0.3) is 0 Å². The molecule has 0 aliphatic carbocycles. The Hall–Kier alpha value is -0.850. The highest BCUT2D eigenvalue weighted by atomic mass is 14.7. The summed E-state index contributed by atoms with van der Waals surface area (Å²) in [7, 11) is 0. The van der Waals surface area contributed by atoms with E-state index < -0.39 is 0 Å². The van der Waals surface area contributed by atoms with E-state index in [4.69, 9.17) is 0 Å². The highest BCUT2D eigenvalue weighted by Crippen LogP contribution is 1.90. The molecule has 50 valence electrons. The van der Waals surface area contributed by atoms with E-state index in [0.717, 1.165) is 12.0 Å². The van der Waals surface area contributed by atoms with Crippen LogP contribution in [-0.4, -0.2) is 6.21 Å². The molecule has 9 heavy (non-hydrogen) atoms. The first-order valence-electron chi connectivity index (χ1n) is 3.13. The molecular weight excluding hydrogens is 110 g/mol. The number of nitrogens with zero attached hydrogens (tertiary/aromatic N) is 1. The Morgan fingerprint density at radius 1 is 1.67 bits per heavy atom. The van der Waals surface area contributed by atoms with Crippen molar-refractivity contribution in [1.29, 1.82) is 0 Å². The molecule has 0 aliphatic heterocycles. The minimum atomic E-state index is 0.973. The number of aliphatic imine (C=N–C) groups is 1. The van der Waals surface area contributed by atoms with E-state index in [1.165, 1.54) is 0 Å². The molecule has 1 heteroatoms. The lowest BCUT2D eigenvalue weighted by Gasteiger charge is -1.86. The van der Waals surface area contributed by atoms with Crippen LogP contribution in [0.4, 0.5) is 0 Å². The summed E-state index contributed by atoms with van der Waals surface area (Å²) in [6.45, 7) is 7.76. The molecule has 0 aromatic heterocycles. The first-order chi connectivity index (χ1) is 4.31. The van der Waals surface area contributed by atoms with Gasteiger partial charge in [-0.05, 0) is 18.9 Å². The largest absolute Gasteiger partial charge is 0.265 e. The highest BCUT2D eigenvalue weighted by molar-refractivity contribution is 5.77. The number of hydrogen-bond donors (Lipinski definition) is 0. The van der Waals surface area contributed by atoms with Crippen molar-refractivity contribution in [3.05, 3.63) is 24.4 Å². The van der Waals surface area contributed by atoms with Crippen LogP contribution in [0.1, 0.15) is 20.3 Å². The molecule has 0 rings (SSSR count). The van der Waals surface area contributed by atoms with Crippen LogP contribution in [0.3, 0.4) is 0 Å². The van der Waals surface area contributed by atoms with Crippen LogP contribution in [0.5, 0.6) is 0 Å². The summed E-state index contributed by atoms with van der Waals surface area (Å²) in [5, 5.41) is 0. The Morgan fingerprint density at radius 2 is 2.33 bits per heavy atom. The van der Waals surface area contributed by atoms with Gasteiger partial charge in [0.25, 0.3) is 0 Å². The molecule has 0 saturated heterocycles. The molecule has 0 amide bonds. The predicted octanol–water partition coefficient (Wildman–Crippen LogP) is 2.56. The molecule has 0 aromatic rings. The summed E-state index contributed by atoms with van der Waals surface area (Å²) in [5.74, 6) is 0. The maximum absolute atomic E-state index is 3.96. The average molecular weight is 123 g/mol. The molecule has 0 unspecified atom stereocenters. The summed E-state index contributed by atoms with van der Waals surface area (Å²) in [6.07, 6.45) is 6.39. The van der Waals surface area contributed by atoms with Crippen molar-refractivity contribution < 1.29 is 0 Å². The number of allylic oxidation sites excluding steroid dienone is 2. The summed E-state index contributed by atoms with van der Waals surface area (Å²) in [5.41, 5.74) is 1.06. The molecule has 0 fully saturated rings. The molecule has 0 atom stereocenters. The van der Waals surface area contributed by atoms with Gasteiger partial charge in [-0.1, -0.05) is 19.6 Å². The van der Waals surface area contributed by atoms with Crippen LogP contribution in [0.15, 0.2) is 29.4 Å². The van der Waals surface area contributed by atoms with Crippen LogP contribution < -0.4 is 0 Å². The lowest BCUT2D eigenvalue weighted by molar-refractivity contribution is 1.19. The first-order valence-corrected chi connectivity index (χ1v) is 3.13. The van der Waals surface area contributed by atoms with Gasteiger partial charge in [-0.3, -0.25) is 4.99 Å². The quantitative estimate of drug-likeness (QED) is 0.511. The van der Waals surface area contributed by atoms with Crippen molar-refractivity contribution in [1.82, 2.24) is 0 Å². The van der Waals surface area contributed by atoms with Gasteiger partial charge >= 0.3 is 0 Å². The molecule has 0 N–H and O–H groups in total. The van der Waals surface area contributed by atoms with E-state index in [1.807, 2.05) is 13.0 Å². The van der Waals surface area contributed by atoms with Crippen molar-refractivity contribution in [3.8, 4) is 0 Å². The fourth-order valence-electron chi connectivity index (χ4n) is 0.326. The zero-order valence-electron chi connectivity index (χ0n) is 6.09. The van der Waals surface area contributed by atoms with E-state index in [0.29, 0.717) is 0 Å². The van der Waals surface area contributed by atoms with Gasteiger partial charge in [0.2, 0.25) is 0 Å². The van der Waals surface area contributed by atoms with Crippen molar-refractivity contribution >= 4 is 6.21 Å². The second-order valence-electron chi connectivity index (χ2n) is 1.77. The summed E-state index contributed by atoms with van der Waals surface area (Å²) >= 11 is 0. The Morgan fingerprint density at radius 3 is 2.78 bits per heavy atom. The van der Waals surface area contributed by atoms with Gasteiger partial charge < -0.3 is 0 Å². The van der Waals surface area contributed by atoms with E-state index in [9.17, 15) is 0 Å². The number of hydrogen-bond acceptors (Lipinski definition) is 1. The predicted molar refractivity (Wildman–Crippen MR) is 42.7 cm³/mol. The van der Waals surface area contributed by atoms with Crippen molar-refractivity contribution in [2.24, 2.45) is 4.99 Å². The summed E-state index contributed by atoms with van der Waals surface area (Å²) in [6, 6.07) is 0. The molecule has 0 spiro atoms. The highest BCUT2D eigenvalue weighted by Gasteiger charge is 1.77. The molecule has 0 bridgehead atoms. The minimum Gasteiger partial charge on any atom is -0.265 e. The third-order valence-corrected chi connectivity index (χ3v) is 0.946. The molecule has 0 heterocycles. The van der Waals surface area contributed by atoms with E-state index >= 15 is 0 Å². The third kappa shape index (κ3) is 5.01. The monoisotopic (exact) mass is 123 g/mol. The second-order valence-corrected chi connectivity index (χ2v) is 1.77. The normalized spacial score (nSPS) is 11.3. The fraction of sp³-hybridized carbons (Fsp3) is 0.375. The standard InChI is InChI=1S/C8H13N/c1-4-6-9-7-8(3)5-2/h4,6-7H,3,5H2,1-2H3. The zero-order chi connectivity index (χ0) is 7.11. The maximum atomic E-state index is 3.96. The van der Waals surface area contributed by atoms with Gasteiger partial charge in [-0.2, -0.15) is 0 Å². The molecule has 0 aromatic carbocycles. The minimum absolute atomic E-state index is 0.973. The van der Waals surface area contributed by atoms with Crippen LogP contribution in [0, 0.1) is 0 Å². The lowest BCUT2D eigenvalue weighted by Crippen LogP contribution is -1.75. The van der Waals surface area contributed by atoms with Gasteiger partial charge in [0.05, 0.1) is 0 Å². The average Bonchev–Trinajstić information content (AvgIpc) is 1.89. The molecule has 0 aliphatic rings. The van der Waals surface area contributed by atoms with E-state index in [1.54, 1.807) is 12.4 Å². The van der Waals surface area contributed by atoms with Crippen LogP contribution >= 0.6 is 0 Å². The van der Waals surface area contributed by atoms with Crippen molar-refractivity contribution in [2.45, 2.75) is 20.3 Å². The molecule has 0 saturated carbocycles. The van der Waals surface area contributed by atoms with Crippen LogP contribution in [-0.2, 0) is 0 Å². The number of rotatable bonds is 3. The Labute approximate surface area is 56.8 Å². The van der Waals surface area contributed by atoms with E-state index in [-0.39, 0.29) is 0 Å². The first kappa shape index (κ1) is 8.15. The Kier molecular flexibility index (Phi) is 4.79. The van der Waals surface area contributed by atoms with Crippen LogP contribution in [0.2, 0.25) is 0 Å². The summed E-state index contributed by atoms with van der Waals surface area (Å²) in [4.78, 5) is 3.96. The van der Waals surface area contributed by atoms with Gasteiger partial charge in [-0.25, -0.2) is 0 Å². The molecule has 1 nitrogen and oxygen atoms in total. The van der Waals surface area contributed by atoms with Gasteiger partial charge in [-0.15, -0.1) is 0 Å². The second kappa shape index (κ2) is 5.29. The lowest BCUT2D eigenvalue weighted by atomic mass is 10.3. The van der Waals surface area contributed by atoms with E-state index in [2.05, 4.69) is 18.5 Å². The topological polar surface area (TPSA) is 12.4 Å². The van der Waals surface area contributed by atoms with Crippen molar-refractivity contribution in [2.75, 3.05) is 0 Å². The van der Waals surface area contributed by atoms with Gasteiger partial charge in [0, 0.05) is 12.4 Å². The molecular formula is C8H13N. The molecule has 0 radical (unpaired) electrons. The Balaban J connectivity index is 3.57. The van der Waals surface area contributed by atoms with Crippen molar-refractivity contribution in [3.63, 3.8) is 0 Å². The zero-order valence-corrected chi connectivity index (χ0v) is 6.09. The van der Waals surface area contributed by atoms with Gasteiger partial charge in [0.1, 0.15) is 0 Å². The summed E-state index contributed by atoms with van der Waals surface area (Å²) < 4.78 is 0. The maximum Gasteiger partial charge on any atom is 0.0293 e. The third-order valence-electron chi connectivity index (χ3n) is 0.946. The fourth-order valence-corrected chi connectivity index (χ4v) is 0.326. The smallest absolute Gasteiger partial charge is 0.0293 e. The Bertz CT molecular complexity index is 132. The SMILES string of the molecule is C=C(C=NC=CC)CC. The van der Waals surface area contributed by atoms with Gasteiger partial charge in [0.15, 0.2) is 0 Å².